The quantitative estimate of drug-likeness (QED) is 0.696. The van der Waals surface area contributed by atoms with E-state index < -0.39 is 11.7 Å². The summed E-state index contributed by atoms with van der Waals surface area (Å²) >= 11 is 0. The number of anilines is 1. The Morgan fingerprint density at radius 2 is 2.13 bits per heavy atom. The van der Waals surface area contributed by atoms with Crippen LogP contribution in [0.15, 0.2) is 36.7 Å². The lowest BCUT2D eigenvalue weighted by Gasteiger charge is -2.10. The van der Waals surface area contributed by atoms with Gasteiger partial charge in [0.15, 0.2) is 0 Å². The first-order valence-corrected chi connectivity index (χ1v) is 7.09. The number of benzene rings is 1. The molecule has 0 bridgehead atoms. The molecule has 0 saturated heterocycles. The fraction of sp³-hybridized carbons (Fsp3) is 0.200. The van der Waals surface area contributed by atoms with Gasteiger partial charge in [0, 0.05) is 24.8 Å². The molecule has 7 nitrogen and oxygen atoms in total. The van der Waals surface area contributed by atoms with E-state index in [2.05, 4.69) is 25.7 Å². The standard InChI is InChI=1S/C15H15FN6O/c1-10-8-13(22-15(21-10)19-9-20-22)17-6-7-18-14(23)11-4-2-3-5-12(11)16/h2-5,8-9,17H,6-7H2,1H3,(H,18,23). The number of nitrogens with zero attached hydrogens (tertiary/aromatic N) is 4. The Labute approximate surface area is 131 Å². The summed E-state index contributed by atoms with van der Waals surface area (Å²) in [6.45, 7) is 2.66. The molecule has 0 fully saturated rings. The molecule has 0 spiro atoms. The Morgan fingerprint density at radius 1 is 1.30 bits per heavy atom. The zero-order valence-corrected chi connectivity index (χ0v) is 12.5. The van der Waals surface area contributed by atoms with E-state index in [0.29, 0.717) is 18.9 Å². The number of halogens is 1. The molecule has 8 heteroatoms. The molecular weight excluding hydrogens is 299 g/mol. The third-order valence-corrected chi connectivity index (χ3v) is 3.22. The Bertz CT molecular complexity index is 847. The molecule has 0 atom stereocenters. The van der Waals surface area contributed by atoms with E-state index >= 15 is 0 Å². The van der Waals surface area contributed by atoms with Gasteiger partial charge in [-0.25, -0.2) is 9.37 Å². The van der Waals surface area contributed by atoms with Crippen LogP contribution in [0.25, 0.3) is 5.78 Å². The number of hydrogen-bond donors (Lipinski definition) is 2. The van der Waals surface area contributed by atoms with Gasteiger partial charge in [0.1, 0.15) is 18.0 Å². The molecule has 2 heterocycles. The summed E-state index contributed by atoms with van der Waals surface area (Å²) in [6.07, 6.45) is 1.42. The van der Waals surface area contributed by atoms with Crippen LogP contribution < -0.4 is 10.6 Å². The van der Waals surface area contributed by atoms with Gasteiger partial charge in [-0.15, -0.1) is 0 Å². The molecule has 0 saturated carbocycles. The molecule has 0 unspecified atom stereocenters. The lowest BCUT2D eigenvalue weighted by atomic mass is 10.2. The van der Waals surface area contributed by atoms with Crippen LogP contribution in [0.1, 0.15) is 16.1 Å². The van der Waals surface area contributed by atoms with Crippen LogP contribution in [0.2, 0.25) is 0 Å². The van der Waals surface area contributed by atoms with Gasteiger partial charge in [-0.2, -0.15) is 14.6 Å². The Morgan fingerprint density at radius 3 is 2.96 bits per heavy atom. The summed E-state index contributed by atoms with van der Waals surface area (Å²) in [7, 11) is 0. The second-order valence-electron chi connectivity index (χ2n) is 4.92. The predicted molar refractivity (Wildman–Crippen MR) is 82.7 cm³/mol. The highest BCUT2D eigenvalue weighted by Gasteiger charge is 2.10. The van der Waals surface area contributed by atoms with Crippen LogP contribution in [0.4, 0.5) is 10.2 Å². The molecule has 118 valence electrons. The van der Waals surface area contributed by atoms with Crippen molar-refractivity contribution in [3.63, 3.8) is 0 Å². The molecular formula is C15H15FN6O. The third kappa shape index (κ3) is 3.25. The number of rotatable bonds is 5. The van der Waals surface area contributed by atoms with E-state index in [0.717, 1.165) is 11.5 Å². The Hall–Kier alpha value is -3.03. The van der Waals surface area contributed by atoms with Crippen LogP contribution in [0.5, 0.6) is 0 Å². The summed E-state index contributed by atoms with van der Waals surface area (Å²) in [5.41, 5.74) is 0.842. The van der Waals surface area contributed by atoms with E-state index in [1.807, 2.05) is 13.0 Å². The normalized spacial score (nSPS) is 10.7. The van der Waals surface area contributed by atoms with Crippen molar-refractivity contribution in [2.24, 2.45) is 0 Å². The first-order chi connectivity index (χ1) is 11.1. The lowest BCUT2D eigenvalue weighted by molar-refractivity contribution is 0.0951. The number of nitrogens with one attached hydrogen (secondary N) is 2. The van der Waals surface area contributed by atoms with Crippen LogP contribution in [-0.4, -0.2) is 38.6 Å². The fourth-order valence-electron chi connectivity index (χ4n) is 2.16. The van der Waals surface area contributed by atoms with Crippen LogP contribution in [0.3, 0.4) is 0 Å². The van der Waals surface area contributed by atoms with Crippen molar-refractivity contribution in [2.75, 3.05) is 18.4 Å². The number of aromatic nitrogens is 4. The zero-order chi connectivity index (χ0) is 16.2. The summed E-state index contributed by atoms with van der Waals surface area (Å²) in [5.74, 6) is 0.252. The minimum atomic E-state index is -0.535. The number of hydrogen-bond acceptors (Lipinski definition) is 5. The largest absolute Gasteiger partial charge is 0.368 e. The topological polar surface area (TPSA) is 84.2 Å². The predicted octanol–water partition coefficient (Wildman–Crippen LogP) is 1.41. The van der Waals surface area contributed by atoms with E-state index in [1.54, 1.807) is 16.6 Å². The first kappa shape index (κ1) is 14.9. The molecule has 3 aromatic rings. The van der Waals surface area contributed by atoms with Crippen molar-refractivity contribution in [2.45, 2.75) is 6.92 Å². The molecule has 23 heavy (non-hydrogen) atoms. The molecule has 1 amide bonds. The van der Waals surface area contributed by atoms with E-state index in [9.17, 15) is 9.18 Å². The maximum absolute atomic E-state index is 13.5. The van der Waals surface area contributed by atoms with Crippen LogP contribution in [-0.2, 0) is 0 Å². The Kier molecular flexibility index (Phi) is 4.13. The second kappa shape index (κ2) is 6.39. The molecule has 3 rings (SSSR count). The maximum atomic E-state index is 13.5. The zero-order valence-electron chi connectivity index (χ0n) is 12.5. The number of carbonyl (C=O) groups excluding carboxylic acids is 1. The highest BCUT2D eigenvalue weighted by Crippen LogP contribution is 2.09. The van der Waals surface area contributed by atoms with Crippen molar-refractivity contribution in [1.82, 2.24) is 24.9 Å². The third-order valence-electron chi connectivity index (χ3n) is 3.22. The number of fused-ring (bicyclic) bond motifs is 1. The number of aryl methyl sites for hydroxylation is 1. The molecule has 0 radical (unpaired) electrons. The van der Waals surface area contributed by atoms with Gasteiger partial charge in [0.25, 0.3) is 11.7 Å². The van der Waals surface area contributed by atoms with Crippen LogP contribution >= 0.6 is 0 Å². The smallest absolute Gasteiger partial charge is 0.254 e. The van der Waals surface area contributed by atoms with Gasteiger partial charge < -0.3 is 10.6 Å². The molecule has 2 N–H and O–H groups in total. The van der Waals surface area contributed by atoms with Crippen molar-refractivity contribution >= 4 is 17.5 Å². The first-order valence-electron chi connectivity index (χ1n) is 7.09. The van der Waals surface area contributed by atoms with Gasteiger partial charge in [0.05, 0.1) is 5.56 Å². The van der Waals surface area contributed by atoms with Crippen molar-refractivity contribution < 1.29 is 9.18 Å². The van der Waals surface area contributed by atoms with E-state index in [-0.39, 0.29) is 5.56 Å². The number of amides is 1. The lowest BCUT2D eigenvalue weighted by Crippen LogP contribution is -2.29. The molecule has 1 aromatic carbocycles. The van der Waals surface area contributed by atoms with E-state index in [4.69, 9.17) is 0 Å². The molecule has 0 aliphatic rings. The van der Waals surface area contributed by atoms with Crippen molar-refractivity contribution in [3.05, 3.63) is 53.7 Å². The highest BCUT2D eigenvalue weighted by atomic mass is 19.1. The van der Waals surface area contributed by atoms with Gasteiger partial charge in [-0.3, -0.25) is 4.79 Å². The summed E-state index contributed by atoms with van der Waals surface area (Å²) < 4.78 is 15.1. The summed E-state index contributed by atoms with van der Waals surface area (Å²) in [4.78, 5) is 20.2. The molecule has 0 aliphatic heterocycles. The fourth-order valence-corrected chi connectivity index (χ4v) is 2.16. The number of carbonyl (C=O) groups is 1. The van der Waals surface area contributed by atoms with Crippen molar-refractivity contribution in [1.29, 1.82) is 0 Å². The summed E-state index contributed by atoms with van der Waals surface area (Å²) in [6, 6.07) is 7.71. The van der Waals surface area contributed by atoms with Gasteiger partial charge in [-0.05, 0) is 19.1 Å². The monoisotopic (exact) mass is 314 g/mol. The minimum absolute atomic E-state index is 0.0333. The average molecular weight is 314 g/mol. The second-order valence-corrected chi connectivity index (χ2v) is 4.92. The summed E-state index contributed by atoms with van der Waals surface area (Å²) in [5, 5.41) is 9.89. The van der Waals surface area contributed by atoms with Gasteiger partial charge in [0.2, 0.25) is 0 Å². The van der Waals surface area contributed by atoms with Crippen LogP contribution in [0, 0.1) is 12.7 Å². The van der Waals surface area contributed by atoms with E-state index in [1.165, 1.54) is 18.5 Å². The SMILES string of the molecule is Cc1cc(NCCNC(=O)c2ccccc2F)n2ncnc2n1. The molecule has 2 aromatic heterocycles. The van der Waals surface area contributed by atoms with Gasteiger partial charge >= 0.3 is 0 Å². The average Bonchev–Trinajstić information content (AvgIpc) is 2.99. The molecule has 0 aliphatic carbocycles. The minimum Gasteiger partial charge on any atom is -0.368 e. The van der Waals surface area contributed by atoms with Gasteiger partial charge in [-0.1, -0.05) is 12.1 Å². The van der Waals surface area contributed by atoms with Crippen molar-refractivity contribution in [3.8, 4) is 0 Å². The highest BCUT2D eigenvalue weighted by molar-refractivity contribution is 5.94. The Balaban J connectivity index is 1.58. The maximum Gasteiger partial charge on any atom is 0.254 e.